The zero-order valence-corrected chi connectivity index (χ0v) is 11.0. The topological polar surface area (TPSA) is 23.6 Å². The molecule has 16 heavy (non-hydrogen) atoms. The van der Waals surface area contributed by atoms with E-state index < -0.39 is 0 Å². The molecule has 92 valence electrons. The van der Waals surface area contributed by atoms with Gasteiger partial charge < -0.3 is 9.80 Å². The molecule has 2 aliphatic heterocycles. The molecule has 0 aromatic carbocycles. The van der Waals surface area contributed by atoms with Crippen LogP contribution in [0.5, 0.6) is 0 Å². The zero-order chi connectivity index (χ0) is 11.5. The maximum Gasteiger partial charge on any atom is 0.224 e. The second kappa shape index (κ2) is 5.41. The van der Waals surface area contributed by atoms with E-state index in [2.05, 4.69) is 29.4 Å². The first-order chi connectivity index (χ1) is 7.70. The maximum absolute atomic E-state index is 11.8. The summed E-state index contributed by atoms with van der Waals surface area (Å²) in [7, 11) is 0. The van der Waals surface area contributed by atoms with Gasteiger partial charge in [-0.15, -0.1) is 0 Å². The van der Waals surface area contributed by atoms with Crippen LogP contribution >= 0.6 is 12.6 Å². The van der Waals surface area contributed by atoms with Gasteiger partial charge >= 0.3 is 0 Å². The molecule has 2 fully saturated rings. The van der Waals surface area contributed by atoms with Crippen molar-refractivity contribution in [2.24, 2.45) is 0 Å². The fourth-order valence-corrected chi connectivity index (χ4v) is 3.17. The highest BCUT2D eigenvalue weighted by Crippen LogP contribution is 2.24. The Morgan fingerprint density at radius 3 is 2.56 bits per heavy atom. The third-order valence-corrected chi connectivity index (χ3v) is 4.02. The molecule has 4 heteroatoms. The van der Waals surface area contributed by atoms with Gasteiger partial charge in [0.1, 0.15) is 0 Å². The number of likely N-dealkylation sites (tertiary alicyclic amines) is 2. The van der Waals surface area contributed by atoms with Gasteiger partial charge in [0.15, 0.2) is 0 Å². The van der Waals surface area contributed by atoms with Crippen molar-refractivity contribution in [2.75, 3.05) is 26.2 Å². The maximum atomic E-state index is 11.8. The largest absolute Gasteiger partial charge is 0.338 e. The quantitative estimate of drug-likeness (QED) is 0.756. The van der Waals surface area contributed by atoms with E-state index in [0.717, 1.165) is 32.5 Å². The summed E-state index contributed by atoms with van der Waals surface area (Å²) in [6.45, 7) is 6.59. The minimum atomic E-state index is 0.265. The van der Waals surface area contributed by atoms with Crippen LogP contribution in [0.2, 0.25) is 0 Å². The minimum absolute atomic E-state index is 0.265. The lowest BCUT2D eigenvalue weighted by atomic mass is 10.0. The van der Waals surface area contributed by atoms with Crippen molar-refractivity contribution in [1.29, 1.82) is 0 Å². The summed E-state index contributed by atoms with van der Waals surface area (Å²) in [6, 6.07) is 0.484. The van der Waals surface area contributed by atoms with Crippen molar-refractivity contribution in [1.82, 2.24) is 9.80 Å². The Kier molecular flexibility index (Phi) is 4.14. The first kappa shape index (κ1) is 12.2. The van der Waals surface area contributed by atoms with E-state index in [1.165, 1.54) is 13.0 Å². The Bertz CT molecular complexity index is 251. The number of hydrogen-bond donors (Lipinski definition) is 1. The lowest BCUT2D eigenvalue weighted by Crippen LogP contribution is -2.45. The summed E-state index contributed by atoms with van der Waals surface area (Å²) in [5.74, 6) is 0.314. The van der Waals surface area contributed by atoms with Crippen molar-refractivity contribution < 1.29 is 4.79 Å². The van der Waals surface area contributed by atoms with E-state index >= 15 is 0 Å². The van der Waals surface area contributed by atoms with Crippen LogP contribution in [-0.2, 0) is 4.79 Å². The summed E-state index contributed by atoms with van der Waals surface area (Å²) in [4.78, 5) is 16.3. The predicted molar refractivity (Wildman–Crippen MR) is 68.9 cm³/mol. The molecular weight excluding hydrogens is 220 g/mol. The molecule has 0 aromatic rings. The first-order valence-corrected chi connectivity index (χ1v) is 6.92. The molecule has 0 radical (unpaired) electrons. The predicted octanol–water partition coefficient (Wildman–Crippen LogP) is 1.39. The molecule has 0 bridgehead atoms. The Labute approximate surface area is 104 Å². The zero-order valence-electron chi connectivity index (χ0n) is 10.1. The Balaban J connectivity index is 1.82. The molecule has 0 saturated carbocycles. The van der Waals surface area contributed by atoms with Gasteiger partial charge in [-0.25, -0.2) is 0 Å². The highest BCUT2D eigenvalue weighted by atomic mass is 32.1. The molecule has 0 N–H and O–H groups in total. The van der Waals surface area contributed by atoms with Gasteiger partial charge in [0.05, 0.1) is 0 Å². The van der Waals surface area contributed by atoms with Crippen LogP contribution in [0.1, 0.15) is 32.6 Å². The van der Waals surface area contributed by atoms with E-state index in [1.807, 2.05) is 0 Å². The van der Waals surface area contributed by atoms with Gasteiger partial charge in [0.2, 0.25) is 5.91 Å². The van der Waals surface area contributed by atoms with E-state index in [4.69, 9.17) is 0 Å². The number of hydrogen-bond acceptors (Lipinski definition) is 3. The molecule has 1 amide bonds. The molecular formula is C12H22N2OS. The van der Waals surface area contributed by atoms with Gasteiger partial charge in [-0.2, -0.15) is 12.6 Å². The highest BCUT2D eigenvalue weighted by Gasteiger charge is 2.34. The highest BCUT2D eigenvalue weighted by molar-refractivity contribution is 7.81. The van der Waals surface area contributed by atoms with Crippen molar-refractivity contribution in [2.45, 2.75) is 43.9 Å². The van der Waals surface area contributed by atoms with E-state index in [0.29, 0.717) is 18.4 Å². The average molecular weight is 242 g/mol. The summed E-state index contributed by atoms with van der Waals surface area (Å²) < 4.78 is 0. The lowest BCUT2D eigenvalue weighted by Gasteiger charge is -2.36. The van der Waals surface area contributed by atoms with Crippen LogP contribution in [-0.4, -0.2) is 53.2 Å². The fourth-order valence-electron chi connectivity index (χ4n) is 2.84. The van der Waals surface area contributed by atoms with E-state index in [9.17, 15) is 4.79 Å². The molecule has 2 rings (SSSR count). The summed E-state index contributed by atoms with van der Waals surface area (Å²) >= 11 is 4.41. The average Bonchev–Trinajstić information content (AvgIpc) is 2.59. The van der Waals surface area contributed by atoms with Gasteiger partial charge in [0.25, 0.3) is 0 Å². The third kappa shape index (κ3) is 2.72. The molecule has 2 saturated heterocycles. The molecule has 2 heterocycles. The molecule has 1 atom stereocenters. The fraction of sp³-hybridized carbons (Fsp3) is 0.917. The number of thiol groups is 1. The summed E-state index contributed by atoms with van der Waals surface area (Å²) in [6.07, 6.45) is 4.16. The number of nitrogens with zero attached hydrogens (tertiary/aromatic N) is 2. The monoisotopic (exact) mass is 242 g/mol. The van der Waals surface area contributed by atoms with Gasteiger partial charge in [-0.05, 0) is 25.8 Å². The Hall–Kier alpha value is -0.220. The summed E-state index contributed by atoms with van der Waals surface area (Å²) in [5, 5.41) is 0.265. The minimum Gasteiger partial charge on any atom is -0.338 e. The molecule has 0 spiro atoms. The summed E-state index contributed by atoms with van der Waals surface area (Å²) in [5.41, 5.74) is 0. The number of rotatable bonds is 3. The molecule has 0 aliphatic carbocycles. The van der Waals surface area contributed by atoms with Gasteiger partial charge in [0, 0.05) is 37.3 Å². The third-order valence-electron chi connectivity index (χ3n) is 3.68. The van der Waals surface area contributed by atoms with Crippen molar-refractivity contribution >= 4 is 18.5 Å². The first-order valence-electron chi connectivity index (χ1n) is 6.40. The van der Waals surface area contributed by atoms with Crippen LogP contribution < -0.4 is 0 Å². The van der Waals surface area contributed by atoms with Crippen LogP contribution in [0.3, 0.4) is 0 Å². The SMILES string of the molecule is CCCN1CCC(N2CC(S)CC2=O)CC1. The Morgan fingerprint density at radius 1 is 1.38 bits per heavy atom. The standard InChI is InChI=1S/C12H22N2OS/c1-2-5-13-6-3-10(4-7-13)14-9-11(16)8-12(14)15/h10-11,16H,2-9H2,1H3. The molecule has 2 aliphatic rings. The van der Waals surface area contributed by atoms with Crippen LogP contribution in [0, 0.1) is 0 Å². The van der Waals surface area contributed by atoms with E-state index in [1.54, 1.807) is 0 Å². The smallest absolute Gasteiger partial charge is 0.224 e. The number of carbonyl (C=O) groups excluding carboxylic acids is 1. The molecule has 3 nitrogen and oxygen atoms in total. The number of piperidine rings is 1. The second-order valence-electron chi connectivity index (χ2n) is 4.98. The van der Waals surface area contributed by atoms with Crippen LogP contribution in [0.15, 0.2) is 0 Å². The van der Waals surface area contributed by atoms with Gasteiger partial charge in [-0.3, -0.25) is 4.79 Å². The van der Waals surface area contributed by atoms with E-state index in [-0.39, 0.29) is 5.25 Å². The van der Waals surface area contributed by atoms with Gasteiger partial charge in [-0.1, -0.05) is 6.92 Å². The van der Waals surface area contributed by atoms with Crippen molar-refractivity contribution in [3.8, 4) is 0 Å². The van der Waals surface area contributed by atoms with Crippen LogP contribution in [0.25, 0.3) is 0 Å². The Morgan fingerprint density at radius 2 is 2.06 bits per heavy atom. The number of amides is 1. The normalized spacial score (nSPS) is 29.0. The molecule has 1 unspecified atom stereocenters. The van der Waals surface area contributed by atoms with Crippen molar-refractivity contribution in [3.63, 3.8) is 0 Å². The van der Waals surface area contributed by atoms with Crippen LogP contribution in [0.4, 0.5) is 0 Å². The second-order valence-corrected chi connectivity index (χ2v) is 5.71. The van der Waals surface area contributed by atoms with Crippen molar-refractivity contribution in [3.05, 3.63) is 0 Å². The molecule has 0 aromatic heterocycles. The lowest BCUT2D eigenvalue weighted by molar-refractivity contribution is -0.130. The number of carbonyl (C=O) groups is 1.